The van der Waals surface area contributed by atoms with Gasteiger partial charge in [0.25, 0.3) is 5.56 Å². The number of halogens is 2. The first kappa shape index (κ1) is 18.0. The van der Waals surface area contributed by atoms with Gasteiger partial charge in [0.2, 0.25) is 0 Å². The molecule has 138 valence electrons. The van der Waals surface area contributed by atoms with Crippen LogP contribution in [-0.4, -0.2) is 19.8 Å². The van der Waals surface area contributed by atoms with Gasteiger partial charge in [-0.3, -0.25) is 9.36 Å². The summed E-state index contributed by atoms with van der Waals surface area (Å²) < 4.78 is 1.52. The third-order valence-corrected chi connectivity index (χ3v) is 4.91. The number of aromatic nitrogens is 2. The summed E-state index contributed by atoms with van der Waals surface area (Å²) in [7, 11) is 0. The minimum Gasteiger partial charge on any atom is -0.507 e. The third kappa shape index (κ3) is 2.78. The fraction of sp³-hybridized carbons (Fsp3) is 0. The number of H-pyrrole nitrogens is 1. The van der Waals surface area contributed by atoms with Crippen LogP contribution in [0, 0.1) is 11.3 Å². The zero-order valence-corrected chi connectivity index (χ0v) is 15.6. The second-order valence-electron chi connectivity index (χ2n) is 6.06. The van der Waals surface area contributed by atoms with Gasteiger partial charge in [-0.25, -0.2) is 0 Å². The smallest absolute Gasteiger partial charge is 0.270 e. The zero-order chi connectivity index (χ0) is 20.0. The number of aromatic amines is 1. The van der Waals surface area contributed by atoms with Gasteiger partial charge in [0.05, 0.1) is 5.52 Å². The summed E-state index contributed by atoms with van der Waals surface area (Å²) in [6.07, 6.45) is 0. The number of nitriles is 1. The van der Waals surface area contributed by atoms with Crippen molar-refractivity contribution >= 4 is 34.2 Å². The van der Waals surface area contributed by atoms with Crippen molar-refractivity contribution in [2.75, 3.05) is 0 Å². The molecular formula is C20H11Cl2N3O3. The van der Waals surface area contributed by atoms with E-state index in [1.165, 1.54) is 16.7 Å². The number of rotatable bonds is 2. The van der Waals surface area contributed by atoms with Crippen LogP contribution in [-0.2, 0) is 0 Å². The maximum Gasteiger partial charge on any atom is 0.270 e. The van der Waals surface area contributed by atoms with Gasteiger partial charge in [-0.2, -0.15) is 5.26 Å². The van der Waals surface area contributed by atoms with Crippen molar-refractivity contribution in [2.24, 2.45) is 0 Å². The number of hydrogen-bond acceptors (Lipinski definition) is 4. The summed E-state index contributed by atoms with van der Waals surface area (Å²) >= 11 is 12.2. The first-order chi connectivity index (χ1) is 13.4. The fourth-order valence-corrected chi connectivity index (χ4v) is 3.57. The molecule has 0 radical (unpaired) electrons. The standard InChI is InChI=1S/C20H11Cl2N3O3/c21-11-3-6-13(16(26)7-11)10-1-4-12(5-2-10)25-17(22)8-15-18(25)19(27)14(9-23)20(28)24-15/h1-8,26H,(H2,24,27,28). The number of nitrogens with one attached hydrogen (secondary N) is 1. The Morgan fingerprint density at radius 1 is 1.04 bits per heavy atom. The molecule has 0 aliphatic heterocycles. The molecule has 8 heteroatoms. The highest BCUT2D eigenvalue weighted by atomic mass is 35.5. The van der Waals surface area contributed by atoms with E-state index in [0.717, 1.165) is 5.56 Å². The minimum atomic E-state index is -0.685. The van der Waals surface area contributed by atoms with E-state index in [1.807, 2.05) is 0 Å². The molecule has 0 fully saturated rings. The second kappa shape index (κ2) is 6.64. The van der Waals surface area contributed by atoms with Gasteiger partial charge >= 0.3 is 0 Å². The van der Waals surface area contributed by atoms with Gasteiger partial charge in [0, 0.05) is 16.3 Å². The number of phenols is 1. The average Bonchev–Trinajstić information content (AvgIpc) is 2.98. The molecule has 2 aromatic carbocycles. The summed E-state index contributed by atoms with van der Waals surface area (Å²) in [5.74, 6) is -0.383. The largest absolute Gasteiger partial charge is 0.507 e. The molecule has 0 amide bonds. The normalized spacial score (nSPS) is 10.9. The molecule has 4 rings (SSSR count). The molecule has 2 aromatic heterocycles. The molecule has 0 saturated heterocycles. The predicted molar refractivity (Wildman–Crippen MR) is 107 cm³/mol. The first-order valence-corrected chi connectivity index (χ1v) is 8.82. The van der Waals surface area contributed by atoms with E-state index in [1.54, 1.807) is 42.5 Å². The summed E-state index contributed by atoms with van der Waals surface area (Å²) in [5, 5.41) is 30.3. The maximum atomic E-state index is 11.9. The Morgan fingerprint density at radius 3 is 2.39 bits per heavy atom. The van der Waals surface area contributed by atoms with Gasteiger partial charge in [-0.1, -0.05) is 35.3 Å². The van der Waals surface area contributed by atoms with E-state index in [-0.39, 0.29) is 22.0 Å². The number of hydrogen-bond donors (Lipinski definition) is 3. The SMILES string of the molecule is N#Cc1c(O)c2c(cc(Cl)n2-c2ccc(-c3ccc(Cl)cc3O)cc2)[nH]c1=O. The Kier molecular flexibility index (Phi) is 4.27. The van der Waals surface area contributed by atoms with Crippen LogP contribution >= 0.6 is 23.2 Å². The lowest BCUT2D eigenvalue weighted by atomic mass is 10.0. The maximum absolute atomic E-state index is 11.9. The molecule has 0 aliphatic carbocycles. The number of aromatic hydroxyl groups is 2. The van der Waals surface area contributed by atoms with Gasteiger partial charge in [0.1, 0.15) is 22.5 Å². The number of nitrogens with zero attached hydrogens (tertiary/aromatic N) is 2. The van der Waals surface area contributed by atoms with Crippen molar-refractivity contribution in [1.82, 2.24) is 9.55 Å². The highest BCUT2D eigenvalue weighted by Crippen LogP contribution is 2.35. The van der Waals surface area contributed by atoms with Crippen LogP contribution in [0.5, 0.6) is 11.5 Å². The monoisotopic (exact) mass is 411 g/mol. The van der Waals surface area contributed by atoms with Crippen LogP contribution in [0.3, 0.4) is 0 Å². The Bertz CT molecular complexity index is 1330. The summed E-state index contributed by atoms with van der Waals surface area (Å²) in [4.78, 5) is 14.4. The molecule has 0 bridgehead atoms. The van der Waals surface area contributed by atoms with Crippen LogP contribution in [0.15, 0.2) is 53.3 Å². The molecule has 2 heterocycles. The molecule has 28 heavy (non-hydrogen) atoms. The Morgan fingerprint density at radius 2 is 1.75 bits per heavy atom. The summed E-state index contributed by atoms with van der Waals surface area (Å²) in [6.45, 7) is 0. The number of fused-ring (bicyclic) bond motifs is 1. The van der Waals surface area contributed by atoms with E-state index < -0.39 is 11.3 Å². The van der Waals surface area contributed by atoms with E-state index in [0.29, 0.717) is 21.8 Å². The summed E-state index contributed by atoms with van der Waals surface area (Å²) in [6, 6.07) is 15.1. The Balaban J connectivity index is 1.88. The van der Waals surface area contributed by atoms with Crippen LogP contribution < -0.4 is 5.56 Å². The van der Waals surface area contributed by atoms with Gasteiger partial charge in [0.15, 0.2) is 11.3 Å². The third-order valence-electron chi connectivity index (χ3n) is 4.40. The molecule has 0 unspecified atom stereocenters. The molecule has 0 spiro atoms. The quantitative estimate of drug-likeness (QED) is 0.449. The van der Waals surface area contributed by atoms with Gasteiger partial charge in [-0.15, -0.1) is 0 Å². The molecule has 0 aliphatic rings. The minimum absolute atomic E-state index is 0.0542. The second-order valence-corrected chi connectivity index (χ2v) is 6.89. The average molecular weight is 412 g/mol. The van der Waals surface area contributed by atoms with Gasteiger partial charge in [-0.05, 0) is 42.0 Å². The van der Waals surface area contributed by atoms with Crippen molar-refractivity contribution in [1.29, 1.82) is 5.26 Å². The molecule has 0 atom stereocenters. The lowest BCUT2D eigenvalue weighted by Gasteiger charge is -2.11. The molecule has 6 nitrogen and oxygen atoms in total. The Hall–Kier alpha value is -3.40. The van der Waals surface area contributed by atoms with Crippen molar-refractivity contribution < 1.29 is 10.2 Å². The first-order valence-electron chi connectivity index (χ1n) is 8.06. The van der Waals surface area contributed by atoms with E-state index in [2.05, 4.69) is 4.98 Å². The van der Waals surface area contributed by atoms with Crippen molar-refractivity contribution in [3.05, 3.63) is 74.6 Å². The van der Waals surface area contributed by atoms with Gasteiger partial charge < -0.3 is 15.2 Å². The van der Waals surface area contributed by atoms with Crippen molar-refractivity contribution in [3.63, 3.8) is 0 Å². The topological polar surface area (TPSA) is 102 Å². The van der Waals surface area contributed by atoms with E-state index in [9.17, 15) is 15.0 Å². The highest BCUT2D eigenvalue weighted by molar-refractivity contribution is 6.31. The fourth-order valence-electron chi connectivity index (χ4n) is 3.11. The lowest BCUT2D eigenvalue weighted by Crippen LogP contribution is -2.10. The molecule has 3 N–H and O–H groups in total. The van der Waals surface area contributed by atoms with E-state index >= 15 is 0 Å². The van der Waals surface area contributed by atoms with E-state index in [4.69, 9.17) is 28.5 Å². The Labute approximate surface area is 168 Å². The number of pyridine rings is 1. The van der Waals surface area contributed by atoms with Crippen LogP contribution in [0.2, 0.25) is 10.2 Å². The molecule has 4 aromatic rings. The van der Waals surface area contributed by atoms with Crippen molar-refractivity contribution in [3.8, 4) is 34.4 Å². The zero-order valence-electron chi connectivity index (χ0n) is 14.1. The number of benzene rings is 2. The molecule has 0 saturated carbocycles. The van der Waals surface area contributed by atoms with Crippen LogP contribution in [0.25, 0.3) is 27.8 Å². The predicted octanol–water partition coefficient (Wildman–Crippen LogP) is 4.58. The van der Waals surface area contributed by atoms with Crippen LogP contribution in [0.1, 0.15) is 5.56 Å². The molecular weight excluding hydrogens is 401 g/mol. The van der Waals surface area contributed by atoms with Crippen LogP contribution in [0.4, 0.5) is 0 Å². The van der Waals surface area contributed by atoms with Crippen molar-refractivity contribution in [2.45, 2.75) is 0 Å². The number of phenolic OH excluding ortho intramolecular Hbond substituents is 1. The lowest BCUT2D eigenvalue weighted by molar-refractivity contribution is 0.476. The summed E-state index contributed by atoms with van der Waals surface area (Å²) in [5.41, 5.74) is 1.43. The highest BCUT2D eigenvalue weighted by Gasteiger charge is 2.19.